The molecule has 19 heavy (non-hydrogen) atoms. The maximum Gasteiger partial charge on any atom is 0.236 e. The highest BCUT2D eigenvalue weighted by Crippen LogP contribution is 2.34. The zero-order chi connectivity index (χ0) is 14.5. The molecule has 0 aliphatic rings. The Bertz CT molecular complexity index is 387. The van der Waals surface area contributed by atoms with E-state index in [1.165, 1.54) is 0 Å². The van der Waals surface area contributed by atoms with Crippen LogP contribution in [0.3, 0.4) is 0 Å². The van der Waals surface area contributed by atoms with Gasteiger partial charge in [-0.25, -0.2) is 4.98 Å². The van der Waals surface area contributed by atoms with Crippen LogP contribution < -0.4 is 10.1 Å². The molecule has 1 aromatic rings. The molecule has 1 aromatic heterocycles. The van der Waals surface area contributed by atoms with E-state index in [1.54, 1.807) is 19.5 Å². The molecule has 108 valence electrons. The number of hydrogen-bond donors (Lipinski definition) is 1. The topological polar surface area (TPSA) is 47.0 Å². The largest absolute Gasteiger partial charge is 0.480 e. The van der Waals surface area contributed by atoms with Gasteiger partial charge < -0.3 is 10.1 Å². The van der Waals surface area contributed by atoms with Crippen molar-refractivity contribution < 1.29 is 4.74 Å². The number of rotatable bonds is 6. The van der Waals surface area contributed by atoms with Crippen LogP contribution in [0.5, 0.6) is 5.88 Å². The number of aromatic nitrogens is 2. The first-order chi connectivity index (χ1) is 8.90. The minimum absolute atomic E-state index is 0.183. The number of methoxy groups -OCH3 is 1. The Morgan fingerprint density at radius 1 is 1.26 bits per heavy atom. The molecule has 1 heterocycles. The molecular formula is C15H27N3O. The van der Waals surface area contributed by atoms with Crippen LogP contribution in [0.15, 0.2) is 12.4 Å². The Kier molecular flexibility index (Phi) is 5.73. The van der Waals surface area contributed by atoms with Crippen LogP contribution in [-0.4, -0.2) is 23.6 Å². The molecule has 2 unspecified atom stereocenters. The summed E-state index contributed by atoms with van der Waals surface area (Å²) in [6.45, 7) is 12.1. The first-order valence-corrected chi connectivity index (χ1v) is 6.98. The lowest BCUT2D eigenvalue weighted by atomic mass is 9.78. The molecule has 2 atom stereocenters. The van der Waals surface area contributed by atoms with Crippen molar-refractivity contribution in [1.29, 1.82) is 0 Å². The van der Waals surface area contributed by atoms with Gasteiger partial charge in [0.05, 0.1) is 13.2 Å². The molecule has 0 saturated carbocycles. The molecule has 1 rings (SSSR count). The molecule has 0 saturated heterocycles. The predicted molar refractivity (Wildman–Crippen MR) is 78.2 cm³/mol. The van der Waals surface area contributed by atoms with E-state index in [9.17, 15) is 0 Å². The van der Waals surface area contributed by atoms with Crippen LogP contribution in [0.1, 0.15) is 52.8 Å². The van der Waals surface area contributed by atoms with Crippen LogP contribution in [-0.2, 0) is 0 Å². The lowest BCUT2D eigenvalue weighted by Gasteiger charge is -2.31. The summed E-state index contributed by atoms with van der Waals surface area (Å²) >= 11 is 0. The Balaban J connectivity index is 2.94. The van der Waals surface area contributed by atoms with Crippen molar-refractivity contribution in [2.75, 3.05) is 13.7 Å². The molecule has 0 bridgehead atoms. The molecule has 0 aliphatic heterocycles. The number of nitrogens with zero attached hydrogens (tertiary/aromatic N) is 2. The summed E-state index contributed by atoms with van der Waals surface area (Å²) in [6.07, 6.45) is 4.41. The quantitative estimate of drug-likeness (QED) is 0.858. The monoisotopic (exact) mass is 265 g/mol. The molecule has 0 radical (unpaired) electrons. The average Bonchev–Trinajstić information content (AvgIpc) is 2.37. The maximum absolute atomic E-state index is 5.33. The molecule has 0 fully saturated rings. The summed E-state index contributed by atoms with van der Waals surface area (Å²) in [5.74, 6) is 1.19. The Morgan fingerprint density at radius 2 is 1.89 bits per heavy atom. The highest BCUT2D eigenvalue weighted by molar-refractivity contribution is 5.21. The molecule has 0 amide bonds. The second-order valence-corrected chi connectivity index (χ2v) is 6.06. The van der Waals surface area contributed by atoms with E-state index in [2.05, 4.69) is 49.9 Å². The Hall–Kier alpha value is -1.16. The van der Waals surface area contributed by atoms with E-state index in [1.807, 2.05) is 0 Å². The van der Waals surface area contributed by atoms with Crippen LogP contribution in [0, 0.1) is 11.3 Å². The third-order valence-corrected chi connectivity index (χ3v) is 3.73. The van der Waals surface area contributed by atoms with Gasteiger partial charge in [0.15, 0.2) is 0 Å². The molecule has 0 aromatic carbocycles. The summed E-state index contributed by atoms with van der Waals surface area (Å²) in [4.78, 5) is 8.70. The smallest absolute Gasteiger partial charge is 0.236 e. The van der Waals surface area contributed by atoms with Gasteiger partial charge in [-0.1, -0.05) is 34.6 Å². The highest BCUT2D eigenvalue weighted by atomic mass is 16.5. The first kappa shape index (κ1) is 15.9. The van der Waals surface area contributed by atoms with Crippen molar-refractivity contribution in [3.05, 3.63) is 18.1 Å². The first-order valence-electron chi connectivity index (χ1n) is 6.98. The Labute approximate surface area is 117 Å². The Morgan fingerprint density at radius 3 is 2.42 bits per heavy atom. The summed E-state index contributed by atoms with van der Waals surface area (Å²) < 4.78 is 5.33. The molecule has 0 aliphatic carbocycles. The van der Waals surface area contributed by atoms with Crippen LogP contribution in [0.25, 0.3) is 0 Å². The average molecular weight is 265 g/mol. The van der Waals surface area contributed by atoms with Gasteiger partial charge in [0, 0.05) is 12.4 Å². The fourth-order valence-electron chi connectivity index (χ4n) is 1.98. The van der Waals surface area contributed by atoms with Crippen molar-refractivity contribution in [2.24, 2.45) is 11.3 Å². The van der Waals surface area contributed by atoms with Gasteiger partial charge >= 0.3 is 0 Å². The van der Waals surface area contributed by atoms with Crippen molar-refractivity contribution in [3.63, 3.8) is 0 Å². The van der Waals surface area contributed by atoms with Gasteiger partial charge in [0.1, 0.15) is 5.69 Å². The predicted octanol–water partition coefficient (Wildman–Crippen LogP) is 3.21. The summed E-state index contributed by atoms with van der Waals surface area (Å²) in [5.41, 5.74) is 1.19. The van der Waals surface area contributed by atoms with Gasteiger partial charge in [-0.15, -0.1) is 0 Å². The fourth-order valence-corrected chi connectivity index (χ4v) is 1.98. The fraction of sp³-hybridized carbons (Fsp3) is 0.733. The lowest BCUT2D eigenvalue weighted by Crippen LogP contribution is -2.28. The molecule has 4 nitrogen and oxygen atoms in total. The maximum atomic E-state index is 5.33. The SMILES string of the molecule is CCNC(CC(C)C(C)(C)C)c1nccnc1OC. The van der Waals surface area contributed by atoms with E-state index in [-0.39, 0.29) is 11.5 Å². The lowest BCUT2D eigenvalue weighted by molar-refractivity contribution is 0.220. The van der Waals surface area contributed by atoms with Crippen LogP contribution in [0.2, 0.25) is 0 Å². The number of nitrogens with one attached hydrogen (secondary N) is 1. The minimum Gasteiger partial charge on any atom is -0.480 e. The third kappa shape index (κ3) is 4.46. The van der Waals surface area contributed by atoms with Crippen LogP contribution in [0.4, 0.5) is 0 Å². The summed E-state index contributed by atoms with van der Waals surface area (Å²) in [6, 6.07) is 0.183. The second kappa shape index (κ2) is 6.85. The number of ether oxygens (including phenoxy) is 1. The molecule has 4 heteroatoms. The van der Waals surface area contributed by atoms with E-state index < -0.39 is 0 Å². The summed E-state index contributed by atoms with van der Waals surface area (Å²) in [5, 5.41) is 3.49. The van der Waals surface area contributed by atoms with Crippen molar-refractivity contribution in [1.82, 2.24) is 15.3 Å². The van der Waals surface area contributed by atoms with E-state index in [0.29, 0.717) is 11.8 Å². The van der Waals surface area contributed by atoms with Gasteiger partial charge in [0.25, 0.3) is 0 Å². The zero-order valence-corrected chi connectivity index (χ0v) is 13.0. The minimum atomic E-state index is 0.183. The normalized spacial score (nSPS) is 15.1. The van der Waals surface area contributed by atoms with Gasteiger partial charge in [-0.3, -0.25) is 4.98 Å². The molecular weight excluding hydrogens is 238 g/mol. The van der Waals surface area contributed by atoms with Gasteiger partial charge in [-0.2, -0.15) is 0 Å². The van der Waals surface area contributed by atoms with Crippen LogP contribution >= 0.6 is 0 Å². The van der Waals surface area contributed by atoms with Gasteiger partial charge in [0.2, 0.25) is 5.88 Å². The highest BCUT2D eigenvalue weighted by Gasteiger charge is 2.26. The van der Waals surface area contributed by atoms with E-state index in [4.69, 9.17) is 4.74 Å². The van der Waals surface area contributed by atoms with Crippen molar-refractivity contribution in [2.45, 2.75) is 47.1 Å². The standard InChI is InChI=1S/C15H27N3O/c1-7-16-12(10-11(2)15(3,4)5)13-14(19-6)18-9-8-17-13/h8-9,11-12,16H,7,10H2,1-6H3. The van der Waals surface area contributed by atoms with E-state index >= 15 is 0 Å². The zero-order valence-electron chi connectivity index (χ0n) is 13.0. The summed E-state index contributed by atoms with van der Waals surface area (Å²) in [7, 11) is 1.64. The van der Waals surface area contributed by atoms with Crippen molar-refractivity contribution >= 4 is 0 Å². The van der Waals surface area contributed by atoms with E-state index in [0.717, 1.165) is 18.7 Å². The molecule has 0 spiro atoms. The third-order valence-electron chi connectivity index (χ3n) is 3.73. The van der Waals surface area contributed by atoms with Crippen molar-refractivity contribution in [3.8, 4) is 5.88 Å². The molecule has 1 N–H and O–H groups in total. The van der Waals surface area contributed by atoms with Gasteiger partial charge in [-0.05, 0) is 24.3 Å². The second-order valence-electron chi connectivity index (χ2n) is 6.06. The number of hydrogen-bond acceptors (Lipinski definition) is 4.